The predicted octanol–water partition coefficient (Wildman–Crippen LogP) is 7.47. The number of H-pyrrole nitrogens is 2. The van der Waals surface area contributed by atoms with Gasteiger partial charge in [-0.1, -0.05) is 0 Å². The molecule has 1 amide bonds. The summed E-state index contributed by atoms with van der Waals surface area (Å²) in [7, 11) is 0. The summed E-state index contributed by atoms with van der Waals surface area (Å²) >= 11 is 0. The Kier molecular flexibility index (Phi) is 11.2. The molecule has 0 aliphatic carbocycles. The van der Waals surface area contributed by atoms with Gasteiger partial charge in [0.05, 0.1) is 0 Å². The van der Waals surface area contributed by atoms with Crippen molar-refractivity contribution in [3.8, 4) is 0 Å². The number of aromatic carboxylic acids is 1. The van der Waals surface area contributed by atoms with E-state index in [-0.39, 0.29) is 37.5 Å². The molecule has 7 rings (SSSR count). The molecule has 12 heteroatoms. The molecule has 5 N–H and O–H groups in total. The normalized spacial score (nSPS) is 19.4. The SMILES string of the molecule is CC(C)N1CCC(Nc2ccc3[nH]c(C(=O)N4CCC(F)(F)CC4)cc3c2)CC1.CC(C)N1CCC(Nc2ccc3[nH]c(C(=O)O)cc3c2)CC1. The highest BCUT2D eigenvalue weighted by molar-refractivity contribution is 5.99. The smallest absolute Gasteiger partial charge is 0.352 e. The molecule has 0 bridgehead atoms. The third kappa shape index (κ3) is 9.20. The summed E-state index contributed by atoms with van der Waals surface area (Å²) in [6.45, 7) is 13.6. The van der Waals surface area contributed by atoms with Gasteiger partial charge in [-0.2, -0.15) is 0 Å². The maximum Gasteiger partial charge on any atom is 0.352 e. The Morgan fingerprint density at radius 2 is 1.14 bits per heavy atom. The Hall–Kier alpha value is -4.16. The first-order valence-electron chi connectivity index (χ1n) is 18.5. The van der Waals surface area contributed by atoms with Crippen molar-refractivity contribution in [3.63, 3.8) is 0 Å². The van der Waals surface area contributed by atoms with Crippen LogP contribution in [-0.4, -0.2) is 111 Å². The van der Waals surface area contributed by atoms with E-state index in [4.69, 9.17) is 5.11 Å². The van der Waals surface area contributed by atoms with E-state index in [1.165, 1.54) is 4.90 Å². The first-order valence-corrected chi connectivity index (χ1v) is 18.5. The van der Waals surface area contributed by atoms with Gasteiger partial charge in [0.2, 0.25) is 0 Å². The fourth-order valence-corrected chi connectivity index (χ4v) is 7.47. The molecule has 0 radical (unpaired) electrons. The lowest BCUT2D eigenvalue weighted by Gasteiger charge is -2.35. The lowest BCUT2D eigenvalue weighted by atomic mass is 10.0. The lowest BCUT2D eigenvalue weighted by molar-refractivity contribution is -0.0495. The van der Waals surface area contributed by atoms with E-state index >= 15 is 0 Å². The number of carbonyl (C=O) groups excluding carboxylic acids is 1. The van der Waals surface area contributed by atoms with Crippen molar-refractivity contribution < 1.29 is 23.5 Å². The zero-order valence-corrected chi connectivity index (χ0v) is 30.3. The third-order valence-corrected chi connectivity index (χ3v) is 10.7. The van der Waals surface area contributed by atoms with Crippen LogP contribution in [0.15, 0.2) is 48.5 Å². The van der Waals surface area contributed by atoms with E-state index in [1.54, 1.807) is 6.07 Å². The fourth-order valence-electron chi connectivity index (χ4n) is 7.47. The van der Waals surface area contributed by atoms with Crippen molar-refractivity contribution in [2.24, 2.45) is 0 Å². The van der Waals surface area contributed by atoms with Gasteiger partial charge in [-0.25, -0.2) is 13.6 Å². The lowest BCUT2D eigenvalue weighted by Crippen LogP contribution is -2.42. The molecule has 51 heavy (non-hydrogen) atoms. The van der Waals surface area contributed by atoms with Crippen LogP contribution in [0.25, 0.3) is 21.8 Å². The number of nitrogens with zero attached hydrogens (tertiary/aromatic N) is 3. The minimum atomic E-state index is -2.65. The molecule has 0 spiro atoms. The van der Waals surface area contributed by atoms with E-state index in [0.29, 0.717) is 29.9 Å². The summed E-state index contributed by atoms with van der Waals surface area (Å²) in [6, 6.07) is 17.7. The molecule has 276 valence electrons. The number of amides is 1. The highest BCUT2D eigenvalue weighted by Crippen LogP contribution is 2.30. The molecular formula is C39H53F2N7O3. The first-order chi connectivity index (χ1) is 24.3. The molecule has 4 aromatic rings. The topological polar surface area (TPSA) is 120 Å². The Morgan fingerprint density at radius 1 is 0.706 bits per heavy atom. The summed E-state index contributed by atoms with van der Waals surface area (Å²) in [5, 5.41) is 18.1. The fraction of sp³-hybridized carbons (Fsp3) is 0.538. The summed E-state index contributed by atoms with van der Waals surface area (Å²) < 4.78 is 26.7. The second kappa shape index (κ2) is 15.6. The number of hydrogen-bond donors (Lipinski definition) is 5. The van der Waals surface area contributed by atoms with Crippen molar-refractivity contribution in [2.45, 2.75) is 96.3 Å². The molecule has 3 fully saturated rings. The number of benzene rings is 2. The van der Waals surface area contributed by atoms with E-state index in [2.05, 4.69) is 64.2 Å². The highest BCUT2D eigenvalue weighted by Gasteiger charge is 2.36. The second-order valence-electron chi connectivity index (χ2n) is 15.0. The van der Waals surface area contributed by atoms with Gasteiger partial charge in [-0.15, -0.1) is 0 Å². The Labute approximate surface area is 298 Å². The van der Waals surface area contributed by atoms with Gasteiger partial charge in [0.15, 0.2) is 0 Å². The molecule has 3 saturated heterocycles. The Balaban J connectivity index is 0.000000183. The Morgan fingerprint density at radius 3 is 1.57 bits per heavy atom. The molecule has 0 saturated carbocycles. The van der Waals surface area contributed by atoms with Gasteiger partial charge < -0.3 is 40.4 Å². The molecular weight excluding hydrogens is 652 g/mol. The van der Waals surface area contributed by atoms with Crippen LogP contribution in [0.5, 0.6) is 0 Å². The minimum absolute atomic E-state index is 0.100. The van der Waals surface area contributed by atoms with Crippen LogP contribution in [0.1, 0.15) is 87.2 Å². The summed E-state index contributed by atoms with van der Waals surface area (Å²) in [4.78, 5) is 36.3. The highest BCUT2D eigenvalue weighted by atomic mass is 19.3. The van der Waals surface area contributed by atoms with Gasteiger partial charge in [-0.05, 0) is 102 Å². The third-order valence-electron chi connectivity index (χ3n) is 10.7. The molecule has 2 aromatic heterocycles. The minimum Gasteiger partial charge on any atom is -0.477 e. The number of aromatic nitrogens is 2. The zero-order valence-electron chi connectivity index (χ0n) is 30.3. The summed E-state index contributed by atoms with van der Waals surface area (Å²) in [5.74, 6) is -3.78. The number of fused-ring (bicyclic) bond motifs is 2. The average Bonchev–Trinajstić information content (AvgIpc) is 3.73. The number of likely N-dealkylation sites (tertiary alicyclic amines) is 3. The number of halogens is 2. The van der Waals surface area contributed by atoms with Crippen molar-refractivity contribution in [3.05, 3.63) is 59.9 Å². The molecule has 10 nitrogen and oxygen atoms in total. The number of anilines is 2. The quantitative estimate of drug-likeness (QED) is 0.129. The molecule has 3 aliphatic heterocycles. The molecule has 3 aliphatic rings. The monoisotopic (exact) mass is 705 g/mol. The van der Waals surface area contributed by atoms with Gasteiger partial charge >= 0.3 is 5.97 Å². The standard InChI is InChI=1S/C22H30F2N4O.C17H23N3O2/c1-15(2)27-9-5-17(6-10-27)25-18-3-4-19-16(13-18)14-20(26-19)21(29)28-11-7-22(23,24)8-12-28;1-11(2)20-7-5-13(6-8-20)18-14-3-4-15-12(9-14)10-16(19-15)17(21)22/h3-4,13-15,17,25-26H,5-12H2,1-2H3;3-4,9-11,13,18-19H,5-8H2,1-2H3,(H,21,22). The molecule has 5 heterocycles. The zero-order chi connectivity index (χ0) is 36.3. The predicted molar refractivity (Wildman–Crippen MR) is 200 cm³/mol. The number of carboxylic acids is 1. The largest absolute Gasteiger partial charge is 0.477 e. The van der Waals surface area contributed by atoms with Crippen molar-refractivity contribution in [1.82, 2.24) is 24.7 Å². The van der Waals surface area contributed by atoms with Crippen LogP contribution in [0.4, 0.5) is 20.2 Å². The van der Waals surface area contributed by atoms with Crippen LogP contribution in [0, 0.1) is 0 Å². The number of carbonyl (C=O) groups is 2. The van der Waals surface area contributed by atoms with Crippen molar-refractivity contribution in [1.29, 1.82) is 0 Å². The number of alkyl halides is 2. The number of nitrogens with one attached hydrogen (secondary N) is 4. The van der Waals surface area contributed by atoms with Crippen LogP contribution < -0.4 is 10.6 Å². The molecule has 2 aromatic carbocycles. The summed E-state index contributed by atoms with van der Waals surface area (Å²) in [5.41, 5.74) is 4.56. The number of carboxylic acid groups (broad SMARTS) is 1. The number of rotatable bonds is 8. The van der Waals surface area contributed by atoms with Crippen LogP contribution in [0.3, 0.4) is 0 Å². The average molecular weight is 706 g/mol. The number of hydrogen-bond acceptors (Lipinski definition) is 6. The number of aromatic amines is 2. The van der Waals surface area contributed by atoms with Gasteiger partial charge in [-0.3, -0.25) is 4.79 Å². The summed E-state index contributed by atoms with van der Waals surface area (Å²) in [6.07, 6.45) is 4.00. The van der Waals surface area contributed by atoms with E-state index in [9.17, 15) is 18.4 Å². The van der Waals surface area contributed by atoms with Crippen LogP contribution in [-0.2, 0) is 0 Å². The van der Waals surface area contributed by atoms with E-state index < -0.39 is 11.9 Å². The van der Waals surface area contributed by atoms with Crippen molar-refractivity contribution in [2.75, 3.05) is 49.9 Å². The van der Waals surface area contributed by atoms with Gasteiger partial charge in [0.25, 0.3) is 11.8 Å². The molecule has 0 atom stereocenters. The number of piperidine rings is 3. The van der Waals surface area contributed by atoms with Gasteiger partial charge in [0, 0.05) is 109 Å². The Bertz CT molecular complexity index is 1790. The van der Waals surface area contributed by atoms with Gasteiger partial charge in [0.1, 0.15) is 11.4 Å². The van der Waals surface area contributed by atoms with Crippen LogP contribution in [0.2, 0.25) is 0 Å². The van der Waals surface area contributed by atoms with Crippen LogP contribution >= 0.6 is 0 Å². The first kappa shape index (κ1) is 36.6. The van der Waals surface area contributed by atoms with E-state index in [1.807, 2.05) is 36.4 Å². The van der Waals surface area contributed by atoms with E-state index in [0.717, 1.165) is 85.0 Å². The molecule has 0 unspecified atom stereocenters. The second-order valence-corrected chi connectivity index (χ2v) is 15.0. The maximum atomic E-state index is 13.4. The maximum absolute atomic E-state index is 13.4. The van der Waals surface area contributed by atoms with Crippen molar-refractivity contribution >= 4 is 45.1 Å².